The molecule has 2 aliphatic heterocycles. The summed E-state index contributed by atoms with van der Waals surface area (Å²) in [5.74, 6) is 3.40. The zero-order chi connectivity index (χ0) is 22.7. The molecule has 1 aromatic heterocycles. The number of aryl methyl sites for hydroxylation is 2. The number of nitrogens with zero attached hydrogens (tertiary/aromatic N) is 2. The Labute approximate surface area is 190 Å². The number of fused-ring (bicyclic) bond motifs is 1. The number of carbonyl (C=O) groups is 1. The third kappa shape index (κ3) is 5.27. The largest absolute Gasteiger partial charge is 0.490 e. The summed E-state index contributed by atoms with van der Waals surface area (Å²) in [5, 5.41) is 0. The van der Waals surface area contributed by atoms with E-state index in [9.17, 15) is 4.79 Å². The maximum Gasteiger partial charge on any atom is 0.253 e. The highest BCUT2D eigenvalue weighted by molar-refractivity contribution is 5.81. The zero-order valence-corrected chi connectivity index (χ0v) is 19.6. The molecule has 1 amide bonds. The molecule has 0 spiro atoms. The lowest BCUT2D eigenvalue weighted by Gasteiger charge is -2.36. The number of benzene rings is 1. The maximum absolute atomic E-state index is 13.5. The molecule has 0 aliphatic carbocycles. The topological polar surface area (TPSA) is 64.4 Å². The Bertz CT molecular complexity index is 938. The molecule has 0 radical (unpaired) electrons. The van der Waals surface area contributed by atoms with Crippen molar-refractivity contribution in [3.8, 4) is 11.5 Å². The van der Waals surface area contributed by atoms with E-state index >= 15 is 0 Å². The van der Waals surface area contributed by atoms with E-state index in [1.807, 2.05) is 50.8 Å². The Kier molecular flexibility index (Phi) is 7.06. The molecule has 3 heterocycles. The Hall–Kier alpha value is -2.51. The minimum atomic E-state index is -0.472. The van der Waals surface area contributed by atoms with Gasteiger partial charge in [-0.15, -0.1) is 0 Å². The van der Waals surface area contributed by atoms with Gasteiger partial charge < -0.3 is 23.5 Å². The van der Waals surface area contributed by atoms with Gasteiger partial charge in [-0.1, -0.05) is 6.07 Å². The number of morpholine rings is 1. The van der Waals surface area contributed by atoms with Crippen molar-refractivity contribution < 1.29 is 23.4 Å². The van der Waals surface area contributed by atoms with Crippen LogP contribution in [0.3, 0.4) is 0 Å². The molecule has 1 atom stereocenters. The first-order valence-electron chi connectivity index (χ1n) is 11.5. The third-order valence-corrected chi connectivity index (χ3v) is 6.04. The molecule has 0 bridgehead atoms. The molecule has 2 aliphatic rings. The van der Waals surface area contributed by atoms with Crippen molar-refractivity contribution in [2.45, 2.75) is 59.4 Å². The van der Waals surface area contributed by atoms with E-state index in [1.54, 1.807) is 0 Å². The van der Waals surface area contributed by atoms with Gasteiger partial charge in [0, 0.05) is 44.2 Å². The fourth-order valence-electron chi connectivity index (χ4n) is 4.28. The van der Waals surface area contributed by atoms with Crippen LogP contribution in [0.1, 0.15) is 42.9 Å². The molecule has 1 aromatic carbocycles. The highest BCUT2D eigenvalue weighted by Gasteiger charge is 2.32. The molecular formula is C25H34N2O5. The molecule has 1 fully saturated rings. The monoisotopic (exact) mass is 442 g/mol. The molecule has 0 saturated carbocycles. The SMILES string of the molecule is Cc1cc(CN2CCOC(C(=O)N(Cc3ccc4c(c3)OCCCO4)C(C)C)C2)c(C)o1. The van der Waals surface area contributed by atoms with Gasteiger partial charge in [-0.3, -0.25) is 9.69 Å². The van der Waals surface area contributed by atoms with Gasteiger partial charge >= 0.3 is 0 Å². The van der Waals surface area contributed by atoms with Gasteiger partial charge in [-0.25, -0.2) is 0 Å². The second-order valence-corrected chi connectivity index (χ2v) is 8.92. The molecule has 1 unspecified atom stereocenters. The molecule has 0 N–H and O–H groups in total. The van der Waals surface area contributed by atoms with Gasteiger partial charge in [0.15, 0.2) is 11.5 Å². The van der Waals surface area contributed by atoms with Crippen LogP contribution in [0.2, 0.25) is 0 Å². The predicted octanol–water partition coefficient (Wildman–Crippen LogP) is 3.70. The summed E-state index contributed by atoms with van der Waals surface area (Å²) in [4.78, 5) is 17.6. The first-order valence-corrected chi connectivity index (χ1v) is 11.5. The summed E-state index contributed by atoms with van der Waals surface area (Å²) in [6.07, 6.45) is 0.397. The van der Waals surface area contributed by atoms with E-state index < -0.39 is 6.10 Å². The molecule has 2 aromatic rings. The molecule has 7 heteroatoms. The summed E-state index contributed by atoms with van der Waals surface area (Å²) < 4.78 is 23.1. The number of carbonyl (C=O) groups excluding carboxylic acids is 1. The minimum Gasteiger partial charge on any atom is -0.490 e. The average Bonchev–Trinajstić information content (AvgIpc) is 2.95. The number of amides is 1. The fraction of sp³-hybridized carbons (Fsp3) is 0.560. The van der Waals surface area contributed by atoms with Gasteiger partial charge in [0.1, 0.15) is 17.6 Å². The number of hydrogen-bond donors (Lipinski definition) is 0. The minimum absolute atomic E-state index is 0.0249. The molecule has 174 valence electrons. The van der Waals surface area contributed by atoms with Gasteiger partial charge in [0.25, 0.3) is 5.91 Å². The van der Waals surface area contributed by atoms with Crippen molar-refractivity contribution in [1.29, 1.82) is 0 Å². The third-order valence-electron chi connectivity index (χ3n) is 6.04. The van der Waals surface area contributed by atoms with Crippen LogP contribution in [0.5, 0.6) is 11.5 Å². The van der Waals surface area contributed by atoms with Crippen molar-refractivity contribution >= 4 is 5.91 Å². The van der Waals surface area contributed by atoms with Gasteiger partial charge in [0.2, 0.25) is 0 Å². The lowest BCUT2D eigenvalue weighted by molar-refractivity contribution is -0.152. The zero-order valence-electron chi connectivity index (χ0n) is 19.6. The molecule has 4 rings (SSSR count). The normalized spacial score (nSPS) is 19.1. The van der Waals surface area contributed by atoms with Crippen molar-refractivity contribution in [3.05, 3.63) is 46.9 Å². The van der Waals surface area contributed by atoms with Gasteiger partial charge in [0.05, 0.1) is 19.8 Å². The Morgan fingerprint density at radius 1 is 1.12 bits per heavy atom. The van der Waals surface area contributed by atoms with Crippen LogP contribution in [0, 0.1) is 13.8 Å². The van der Waals surface area contributed by atoms with Crippen molar-refractivity contribution in [2.75, 3.05) is 32.9 Å². The maximum atomic E-state index is 13.5. The Morgan fingerprint density at radius 2 is 1.91 bits per heavy atom. The van der Waals surface area contributed by atoms with E-state index in [-0.39, 0.29) is 11.9 Å². The van der Waals surface area contributed by atoms with E-state index in [0.717, 1.165) is 48.1 Å². The van der Waals surface area contributed by atoms with Gasteiger partial charge in [-0.05, 0) is 51.5 Å². The first-order chi connectivity index (χ1) is 15.4. The van der Waals surface area contributed by atoms with Crippen LogP contribution in [0.4, 0.5) is 0 Å². The van der Waals surface area contributed by atoms with Crippen molar-refractivity contribution in [2.24, 2.45) is 0 Å². The standard InChI is InChI=1S/C25H34N2O5/c1-17(2)27(14-20-6-7-22-23(13-20)30-10-5-9-29-22)25(28)24-16-26(8-11-31-24)15-21-12-18(3)32-19(21)4/h6-7,12-13,17,24H,5,8-11,14-16H2,1-4H3. The summed E-state index contributed by atoms with van der Waals surface area (Å²) in [5.41, 5.74) is 2.19. The second-order valence-electron chi connectivity index (χ2n) is 8.92. The van der Waals surface area contributed by atoms with Gasteiger partial charge in [-0.2, -0.15) is 0 Å². The van der Waals surface area contributed by atoms with Crippen LogP contribution in [0.25, 0.3) is 0 Å². The summed E-state index contributed by atoms with van der Waals surface area (Å²) in [6.45, 7) is 12.5. The van der Waals surface area contributed by atoms with Crippen LogP contribution in [0.15, 0.2) is 28.7 Å². The summed E-state index contributed by atoms with van der Waals surface area (Å²) >= 11 is 0. The van der Waals surface area contributed by atoms with E-state index in [2.05, 4.69) is 11.0 Å². The molecule has 7 nitrogen and oxygen atoms in total. The second kappa shape index (κ2) is 9.96. The fourth-order valence-corrected chi connectivity index (χ4v) is 4.28. The van der Waals surface area contributed by atoms with E-state index in [4.69, 9.17) is 18.6 Å². The lowest BCUT2D eigenvalue weighted by atomic mass is 10.1. The van der Waals surface area contributed by atoms with E-state index in [0.29, 0.717) is 32.9 Å². The lowest BCUT2D eigenvalue weighted by Crippen LogP contribution is -2.52. The summed E-state index contributed by atoms with van der Waals surface area (Å²) in [7, 11) is 0. The number of hydrogen-bond acceptors (Lipinski definition) is 6. The number of furan rings is 1. The predicted molar refractivity (Wildman–Crippen MR) is 121 cm³/mol. The molecule has 1 saturated heterocycles. The molecular weight excluding hydrogens is 408 g/mol. The van der Waals surface area contributed by atoms with Crippen LogP contribution >= 0.6 is 0 Å². The smallest absolute Gasteiger partial charge is 0.253 e. The Balaban J connectivity index is 1.43. The van der Waals surface area contributed by atoms with E-state index in [1.165, 1.54) is 5.56 Å². The number of rotatable bonds is 6. The van der Waals surface area contributed by atoms with Crippen LogP contribution in [-0.4, -0.2) is 60.8 Å². The molecule has 32 heavy (non-hydrogen) atoms. The average molecular weight is 443 g/mol. The van der Waals surface area contributed by atoms with Crippen LogP contribution < -0.4 is 9.47 Å². The highest BCUT2D eigenvalue weighted by Crippen LogP contribution is 2.31. The van der Waals surface area contributed by atoms with Crippen molar-refractivity contribution in [3.63, 3.8) is 0 Å². The number of ether oxygens (including phenoxy) is 3. The summed E-state index contributed by atoms with van der Waals surface area (Å²) in [6, 6.07) is 8.06. The Morgan fingerprint density at radius 3 is 2.62 bits per heavy atom. The highest BCUT2D eigenvalue weighted by atomic mass is 16.5. The van der Waals surface area contributed by atoms with Crippen LogP contribution in [-0.2, 0) is 22.6 Å². The first kappa shape index (κ1) is 22.7. The van der Waals surface area contributed by atoms with Crippen molar-refractivity contribution in [1.82, 2.24) is 9.80 Å². The quantitative estimate of drug-likeness (QED) is 0.680.